The van der Waals surface area contributed by atoms with E-state index in [4.69, 9.17) is 0 Å². The summed E-state index contributed by atoms with van der Waals surface area (Å²) >= 11 is 1.73. The standard InChI is InChI=1S/C17H24N2S/c1-13-12-20-16(19-13)11-18-15(10-17(2,3)4)14-8-6-5-7-9-14/h5-9,12,15,18H,10-11H2,1-4H3. The molecule has 0 fully saturated rings. The maximum Gasteiger partial charge on any atom is 0.107 e. The highest BCUT2D eigenvalue weighted by molar-refractivity contribution is 7.09. The summed E-state index contributed by atoms with van der Waals surface area (Å²) in [6, 6.07) is 11.1. The van der Waals surface area contributed by atoms with E-state index in [1.165, 1.54) is 5.56 Å². The van der Waals surface area contributed by atoms with Crippen LogP contribution in [-0.4, -0.2) is 4.98 Å². The van der Waals surface area contributed by atoms with Gasteiger partial charge in [-0.1, -0.05) is 51.1 Å². The highest BCUT2D eigenvalue weighted by Gasteiger charge is 2.20. The van der Waals surface area contributed by atoms with Gasteiger partial charge in [-0.2, -0.15) is 0 Å². The first-order valence-corrected chi connectivity index (χ1v) is 8.01. The summed E-state index contributed by atoms with van der Waals surface area (Å²) in [5.74, 6) is 0. The third-order valence-electron chi connectivity index (χ3n) is 3.18. The largest absolute Gasteiger partial charge is 0.304 e. The first-order valence-electron chi connectivity index (χ1n) is 7.13. The molecule has 1 N–H and O–H groups in total. The molecule has 2 rings (SSSR count). The molecule has 1 unspecified atom stereocenters. The number of benzene rings is 1. The zero-order chi connectivity index (χ0) is 14.6. The molecule has 2 nitrogen and oxygen atoms in total. The topological polar surface area (TPSA) is 24.9 Å². The van der Waals surface area contributed by atoms with Crippen LogP contribution in [0.15, 0.2) is 35.7 Å². The van der Waals surface area contributed by atoms with Crippen molar-refractivity contribution < 1.29 is 0 Å². The average Bonchev–Trinajstić information content (AvgIpc) is 2.80. The van der Waals surface area contributed by atoms with Crippen LogP contribution in [0.25, 0.3) is 0 Å². The lowest BCUT2D eigenvalue weighted by atomic mass is 9.85. The number of hydrogen-bond acceptors (Lipinski definition) is 3. The number of nitrogens with one attached hydrogen (secondary N) is 1. The van der Waals surface area contributed by atoms with Crippen LogP contribution < -0.4 is 5.32 Å². The summed E-state index contributed by atoms with van der Waals surface area (Å²) in [5.41, 5.74) is 2.77. The van der Waals surface area contributed by atoms with Gasteiger partial charge in [0.2, 0.25) is 0 Å². The van der Waals surface area contributed by atoms with Gasteiger partial charge in [-0.15, -0.1) is 11.3 Å². The van der Waals surface area contributed by atoms with Crippen molar-refractivity contribution in [3.05, 3.63) is 52.0 Å². The van der Waals surface area contributed by atoms with Crippen LogP contribution in [0.4, 0.5) is 0 Å². The van der Waals surface area contributed by atoms with E-state index in [9.17, 15) is 0 Å². The van der Waals surface area contributed by atoms with Crippen molar-refractivity contribution in [2.24, 2.45) is 5.41 Å². The second kappa shape index (κ2) is 6.51. The summed E-state index contributed by atoms with van der Waals surface area (Å²) in [6.45, 7) is 9.76. The zero-order valence-corrected chi connectivity index (χ0v) is 13.6. The van der Waals surface area contributed by atoms with Gasteiger partial charge < -0.3 is 5.32 Å². The minimum absolute atomic E-state index is 0.298. The molecule has 0 saturated carbocycles. The van der Waals surface area contributed by atoms with E-state index in [-0.39, 0.29) is 0 Å². The minimum Gasteiger partial charge on any atom is -0.304 e. The number of rotatable bonds is 5. The van der Waals surface area contributed by atoms with Crippen molar-refractivity contribution >= 4 is 11.3 Å². The number of nitrogens with zero attached hydrogens (tertiary/aromatic N) is 1. The lowest BCUT2D eigenvalue weighted by Gasteiger charge is -2.27. The summed E-state index contributed by atoms with van der Waals surface area (Å²) in [5, 5.41) is 6.94. The molecule has 2 aromatic rings. The SMILES string of the molecule is Cc1csc(CNC(CC(C)(C)C)c2ccccc2)n1. The Labute approximate surface area is 126 Å². The van der Waals surface area contributed by atoms with Crippen LogP contribution in [0.1, 0.15) is 49.5 Å². The summed E-state index contributed by atoms with van der Waals surface area (Å²) in [4.78, 5) is 4.53. The van der Waals surface area contributed by atoms with Crippen molar-refractivity contribution in [1.29, 1.82) is 0 Å². The van der Waals surface area contributed by atoms with Crippen LogP contribution in [0, 0.1) is 12.3 Å². The average molecular weight is 288 g/mol. The molecule has 20 heavy (non-hydrogen) atoms. The van der Waals surface area contributed by atoms with E-state index in [1.807, 2.05) is 6.92 Å². The van der Waals surface area contributed by atoms with Crippen LogP contribution in [0.2, 0.25) is 0 Å². The van der Waals surface area contributed by atoms with Crippen LogP contribution >= 0.6 is 11.3 Å². The summed E-state index contributed by atoms with van der Waals surface area (Å²) in [7, 11) is 0. The van der Waals surface area contributed by atoms with E-state index in [0.29, 0.717) is 11.5 Å². The number of hydrogen-bond donors (Lipinski definition) is 1. The van der Waals surface area contributed by atoms with E-state index in [2.05, 4.69) is 66.8 Å². The molecule has 0 aliphatic rings. The highest BCUT2D eigenvalue weighted by Crippen LogP contribution is 2.29. The molecule has 1 aromatic carbocycles. The highest BCUT2D eigenvalue weighted by atomic mass is 32.1. The Morgan fingerprint density at radius 2 is 1.90 bits per heavy atom. The van der Waals surface area contributed by atoms with Gasteiger partial charge in [-0.25, -0.2) is 4.98 Å². The van der Waals surface area contributed by atoms with Crippen molar-refractivity contribution in [1.82, 2.24) is 10.3 Å². The molecule has 1 atom stereocenters. The Morgan fingerprint density at radius 3 is 2.45 bits per heavy atom. The van der Waals surface area contributed by atoms with E-state index in [0.717, 1.165) is 23.7 Å². The third kappa shape index (κ3) is 4.73. The van der Waals surface area contributed by atoms with E-state index in [1.54, 1.807) is 11.3 Å². The lowest BCUT2D eigenvalue weighted by molar-refractivity contribution is 0.310. The van der Waals surface area contributed by atoms with Crippen LogP contribution in [-0.2, 0) is 6.54 Å². The molecule has 108 valence electrons. The molecular formula is C17H24N2S. The number of thiazole rings is 1. The first-order chi connectivity index (χ1) is 9.44. The Morgan fingerprint density at radius 1 is 1.20 bits per heavy atom. The zero-order valence-electron chi connectivity index (χ0n) is 12.8. The molecule has 0 radical (unpaired) electrons. The summed E-state index contributed by atoms with van der Waals surface area (Å²) < 4.78 is 0. The number of aryl methyl sites for hydroxylation is 1. The van der Waals surface area contributed by atoms with Gasteiger partial charge in [0.05, 0.1) is 0 Å². The van der Waals surface area contributed by atoms with Gasteiger partial charge in [0.15, 0.2) is 0 Å². The van der Waals surface area contributed by atoms with Gasteiger partial charge in [-0.05, 0) is 24.3 Å². The van der Waals surface area contributed by atoms with Crippen LogP contribution in [0.3, 0.4) is 0 Å². The molecule has 0 spiro atoms. The molecule has 3 heteroatoms. The maximum absolute atomic E-state index is 4.53. The fraction of sp³-hybridized carbons (Fsp3) is 0.471. The molecule has 0 amide bonds. The molecule has 1 aromatic heterocycles. The Bertz CT molecular complexity index is 525. The molecule has 0 saturated heterocycles. The Kier molecular flexibility index (Phi) is 4.95. The smallest absolute Gasteiger partial charge is 0.107 e. The van der Waals surface area contributed by atoms with Crippen molar-refractivity contribution in [3.8, 4) is 0 Å². The van der Waals surface area contributed by atoms with Gasteiger partial charge in [-0.3, -0.25) is 0 Å². The predicted molar refractivity (Wildman–Crippen MR) is 86.9 cm³/mol. The fourth-order valence-electron chi connectivity index (χ4n) is 2.30. The molecule has 0 aliphatic heterocycles. The minimum atomic E-state index is 0.298. The van der Waals surface area contributed by atoms with Gasteiger partial charge in [0.1, 0.15) is 5.01 Å². The van der Waals surface area contributed by atoms with Gasteiger partial charge in [0, 0.05) is 23.7 Å². The third-order valence-corrected chi connectivity index (χ3v) is 4.15. The lowest BCUT2D eigenvalue weighted by Crippen LogP contribution is -2.25. The van der Waals surface area contributed by atoms with Crippen molar-refractivity contribution in [2.75, 3.05) is 0 Å². The molecule has 1 heterocycles. The van der Waals surface area contributed by atoms with Crippen LogP contribution in [0.5, 0.6) is 0 Å². The van der Waals surface area contributed by atoms with Gasteiger partial charge in [0.25, 0.3) is 0 Å². The second-order valence-corrected chi connectivity index (χ2v) is 7.43. The summed E-state index contributed by atoms with van der Waals surface area (Å²) in [6.07, 6.45) is 1.11. The predicted octanol–water partition coefficient (Wildman–Crippen LogP) is 4.72. The molecule has 0 bridgehead atoms. The normalized spacial score (nSPS) is 13.4. The molecular weight excluding hydrogens is 264 g/mol. The monoisotopic (exact) mass is 288 g/mol. The molecule has 0 aliphatic carbocycles. The van der Waals surface area contributed by atoms with Gasteiger partial charge >= 0.3 is 0 Å². The Balaban J connectivity index is 2.07. The fourth-order valence-corrected chi connectivity index (χ4v) is 3.02. The maximum atomic E-state index is 4.53. The van der Waals surface area contributed by atoms with E-state index >= 15 is 0 Å². The van der Waals surface area contributed by atoms with Crippen molar-refractivity contribution in [2.45, 2.75) is 46.7 Å². The number of aromatic nitrogens is 1. The van der Waals surface area contributed by atoms with E-state index < -0.39 is 0 Å². The first kappa shape index (κ1) is 15.2. The quantitative estimate of drug-likeness (QED) is 0.861. The Hall–Kier alpha value is -1.19. The second-order valence-electron chi connectivity index (χ2n) is 6.49. The van der Waals surface area contributed by atoms with Crippen molar-refractivity contribution in [3.63, 3.8) is 0 Å².